The molecule has 1 saturated carbocycles. The summed E-state index contributed by atoms with van der Waals surface area (Å²) in [4.78, 5) is 17.3. The Kier molecular flexibility index (Phi) is 6.49. The number of benzene rings is 1. The quantitative estimate of drug-likeness (QED) is 0.798. The molecule has 29 heavy (non-hydrogen) atoms. The van der Waals surface area contributed by atoms with Crippen LogP contribution in [0.1, 0.15) is 43.9 Å². The molecule has 2 fully saturated rings. The average Bonchev–Trinajstić information content (AvgIpc) is 3.30. The van der Waals surface area contributed by atoms with Crippen LogP contribution in [0.15, 0.2) is 47.1 Å². The van der Waals surface area contributed by atoms with Crippen LogP contribution in [-0.4, -0.2) is 43.5 Å². The fourth-order valence-corrected chi connectivity index (χ4v) is 4.54. The molecule has 0 spiro atoms. The number of hydrogen-bond acceptors (Lipinski definition) is 4. The molecule has 2 aliphatic rings. The van der Waals surface area contributed by atoms with Crippen LogP contribution in [0.5, 0.6) is 0 Å². The van der Waals surface area contributed by atoms with E-state index in [1.807, 2.05) is 24.3 Å². The van der Waals surface area contributed by atoms with E-state index in [0.29, 0.717) is 6.54 Å². The van der Waals surface area contributed by atoms with Gasteiger partial charge < -0.3 is 14.6 Å². The number of piperazine rings is 1. The van der Waals surface area contributed by atoms with E-state index in [1.54, 1.807) is 6.26 Å². The van der Waals surface area contributed by atoms with Gasteiger partial charge >= 0.3 is 0 Å². The molecule has 5 nitrogen and oxygen atoms in total. The second-order valence-corrected chi connectivity index (χ2v) is 8.11. The molecule has 1 aromatic heterocycles. The number of carbonyl (C=O) groups excluding carboxylic acids is 1. The maximum atomic E-state index is 13.2. The standard InChI is InChI=1S/C23H30FN3O2/c24-19-8-10-20(11-9-19)26-12-14-27(15-13-26)21(22-7-4-16-29-22)17-25-23(28)18-5-2-1-3-6-18/h4,7-11,16,18,21H,1-3,5-6,12-15,17H2,(H,25,28)/t21-/m0/s1. The predicted molar refractivity (Wildman–Crippen MR) is 111 cm³/mol. The summed E-state index contributed by atoms with van der Waals surface area (Å²) in [7, 11) is 0. The lowest BCUT2D eigenvalue weighted by Gasteiger charge is -2.39. The molecular weight excluding hydrogens is 369 g/mol. The van der Waals surface area contributed by atoms with E-state index < -0.39 is 0 Å². The molecule has 1 N–H and O–H groups in total. The van der Waals surface area contributed by atoms with Crippen molar-refractivity contribution in [1.29, 1.82) is 0 Å². The minimum atomic E-state index is -0.209. The molecule has 1 aliphatic carbocycles. The number of anilines is 1. The number of rotatable bonds is 6. The molecule has 2 heterocycles. The first-order chi connectivity index (χ1) is 14.2. The van der Waals surface area contributed by atoms with Gasteiger partial charge in [0.1, 0.15) is 11.6 Å². The number of carbonyl (C=O) groups is 1. The number of nitrogens with one attached hydrogen (secondary N) is 1. The van der Waals surface area contributed by atoms with E-state index in [1.165, 1.54) is 18.6 Å². The lowest BCUT2D eigenvalue weighted by atomic mass is 9.88. The van der Waals surface area contributed by atoms with Gasteiger partial charge in [-0.1, -0.05) is 19.3 Å². The monoisotopic (exact) mass is 399 g/mol. The molecular formula is C23H30FN3O2. The molecule has 1 aromatic carbocycles. The van der Waals surface area contributed by atoms with Crippen molar-refractivity contribution in [2.45, 2.75) is 38.1 Å². The normalized spacial score (nSPS) is 19.8. The molecule has 0 bridgehead atoms. The fourth-order valence-electron chi connectivity index (χ4n) is 4.54. The van der Waals surface area contributed by atoms with Gasteiger partial charge in [0.15, 0.2) is 0 Å². The highest BCUT2D eigenvalue weighted by Crippen LogP contribution is 2.26. The van der Waals surface area contributed by atoms with Gasteiger partial charge in [0, 0.05) is 44.3 Å². The molecule has 0 radical (unpaired) electrons. The minimum absolute atomic E-state index is 0.0351. The van der Waals surface area contributed by atoms with Gasteiger partial charge in [-0.25, -0.2) is 4.39 Å². The lowest BCUT2D eigenvalue weighted by molar-refractivity contribution is -0.126. The average molecular weight is 400 g/mol. The number of nitrogens with zero attached hydrogens (tertiary/aromatic N) is 2. The minimum Gasteiger partial charge on any atom is -0.468 e. The highest BCUT2D eigenvalue weighted by molar-refractivity contribution is 5.78. The molecule has 0 unspecified atom stereocenters. The number of hydrogen-bond donors (Lipinski definition) is 1. The number of halogens is 1. The van der Waals surface area contributed by atoms with Gasteiger partial charge in [-0.15, -0.1) is 0 Å². The Hall–Kier alpha value is -2.34. The van der Waals surface area contributed by atoms with Gasteiger partial charge in [-0.05, 0) is 49.2 Å². The summed E-state index contributed by atoms with van der Waals surface area (Å²) in [5, 5.41) is 3.19. The molecule has 1 aliphatic heterocycles. The zero-order valence-corrected chi connectivity index (χ0v) is 16.9. The van der Waals surface area contributed by atoms with Crippen molar-refractivity contribution in [2.24, 2.45) is 5.92 Å². The summed E-state index contributed by atoms with van der Waals surface area (Å²) in [6.45, 7) is 4.02. The largest absolute Gasteiger partial charge is 0.468 e. The Morgan fingerprint density at radius 1 is 1.07 bits per heavy atom. The first kappa shape index (κ1) is 20.0. The highest BCUT2D eigenvalue weighted by Gasteiger charge is 2.29. The summed E-state index contributed by atoms with van der Waals surface area (Å²) >= 11 is 0. The van der Waals surface area contributed by atoms with Gasteiger partial charge in [0.25, 0.3) is 0 Å². The fraction of sp³-hybridized carbons (Fsp3) is 0.522. The molecule has 1 amide bonds. The zero-order valence-electron chi connectivity index (χ0n) is 16.9. The summed E-state index contributed by atoms with van der Waals surface area (Å²) in [6, 6.07) is 10.6. The van der Waals surface area contributed by atoms with Crippen LogP contribution in [0.4, 0.5) is 10.1 Å². The third kappa shape index (κ3) is 4.99. The predicted octanol–water partition coefficient (Wildman–Crippen LogP) is 3.98. The Bertz CT molecular complexity index is 764. The summed E-state index contributed by atoms with van der Waals surface area (Å²) in [5.74, 6) is 1.03. The van der Waals surface area contributed by atoms with Crippen molar-refractivity contribution in [3.8, 4) is 0 Å². The van der Waals surface area contributed by atoms with Crippen molar-refractivity contribution < 1.29 is 13.6 Å². The summed E-state index contributed by atoms with van der Waals surface area (Å²) in [5.41, 5.74) is 1.05. The highest BCUT2D eigenvalue weighted by atomic mass is 19.1. The Morgan fingerprint density at radius 3 is 2.45 bits per heavy atom. The second-order valence-electron chi connectivity index (χ2n) is 8.11. The van der Waals surface area contributed by atoms with E-state index in [9.17, 15) is 9.18 Å². The second kappa shape index (κ2) is 9.44. The molecule has 156 valence electrons. The third-order valence-corrected chi connectivity index (χ3v) is 6.26. The van der Waals surface area contributed by atoms with E-state index >= 15 is 0 Å². The van der Waals surface area contributed by atoms with Crippen LogP contribution in [0, 0.1) is 11.7 Å². The van der Waals surface area contributed by atoms with Crippen molar-refractivity contribution in [1.82, 2.24) is 10.2 Å². The van der Waals surface area contributed by atoms with Crippen LogP contribution in [0.25, 0.3) is 0 Å². The molecule has 1 saturated heterocycles. The smallest absolute Gasteiger partial charge is 0.223 e. The van der Waals surface area contributed by atoms with Crippen molar-refractivity contribution in [3.63, 3.8) is 0 Å². The molecule has 1 atom stereocenters. The van der Waals surface area contributed by atoms with Gasteiger partial charge in [-0.2, -0.15) is 0 Å². The van der Waals surface area contributed by atoms with Gasteiger partial charge in [-0.3, -0.25) is 9.69 Å². The van der Waals surface area contributed by atoms with Gasteiger partial charge in [0.2, 0.25) is 5.91 Å². The van der Waals surface area contributed by atoms with Crippen LogP contribution >= 0.6 is 0 Å². The SMILES string of the molecule is O=C(NC[C@@H](c1ccco1)N1CCN(c2ccc(F)cc2)CC1)C1CCCCC1. The van der Waals surface area contributed by atoms with Crippen LogP contribution in [0.3, 0.4) is 0 Å². The van der Waals surface area contributed by atoms with Crippen molar-refractivity contribution in [3.05, 3.63) is 54.2 Å². The number of amides is 1. The van der Waals surface area contributed by atoms with E-state index in [0.717, 1.165) is 63.3 Å². The van der Waals surface area contributed by atoms with Crippen molar-refractivity contribution in [2.75, 3.05) is 37.6 Å². The molecule has 2 aromatic rings. The summed E-state index contributed by atoms with van der Waals surface area (Å²) < 4.78 is 18.9. The topological polar surface area (TPSA) is 48.7 Å². The van der Waals surface area contributed by atoms with Crippen LogP contribution in [0.2, 0.25) is 0 Å². The number of furan rings is 1. The van der Waals surface area contributed by atoms with Gasteiger partial charge in [0.05, 0.1) is 12.3 Å². The zero-order chi connectivity index (χ0) is 20.1. The van der Waals surface area contributed by atoms with E-state index in [4.69, 9.17) is 4.42 Å². The van der Waals surface area contributed by atoms with E-state index in [2.05, 4.69) is 15.1 Å². The maximum absolute atomic E-state index is 13.2. The maximum Gasteiger partial charge on any atom is 0.223 e. The molecule has 4 rings (SSSR count). The molecule has 6 heteroatoms. The lowest BCUT2D eigenvalue weighted by Crippen LogP contribution is -2.50. The van der Waals surface area contributed by atoms with Crippen LogP contribution in [-0.2, 0) is 4.79 Å². The van der Waals surface area contributed by atoms with E-state index in [-0.39, 0.29) is 23.7 Å². The Balaban J connectivity index is 1.36. The van der Waals surface area contributed by atoms with Crippen LogP contribution < -0.4 is 10.2 Å². The summed E-state index contributed by atoms with van der Waals surface area (Å²) in [6.07, 6.45) is 7.27. The Labute approximate surface area is 171 Å². The third-order valence-electron chi connectivity index (χ3n) is 6.26. The first-order valence-corrected chi connectivity index (χ1v) is 10.8. The first-order valence-electron chi connectivity index (χ1n) is 10.8. The Morgan fingerprint density at radius 2 is 1.79 bits per heavy atom. The van der Waals surface area contributed by atoms with Crippen molar-refractivity contribution >= 4 is 11.6 Å².